The smallest absolute Gasteiger partial charge is 0.222 e. The highest BCUT2D eigenvalue weighted by Crippen LogP contribution is 2.10. The highest BCUT2D eigenvalue weighted by atomic mass is 16.2. The SMILES string of the molecule is CCNC(=NCCCN1CCCC1=O)NCCC(C)N(C)Cc1ccccc1. The second-order valence-electron chi connectivity index (χ2n) is 7.56. The fraction of sp³-hybridized carbons (Fsp3) is 0.636. The Hall–Kier alpha value is -2.08. The van der Waals surface area contributed by atoms with E-state index in [9.17, 15) is 4.79 Å². The van der Waals surface area contributed by atoms with Gasteiger partial charge < -0.3 is 15.5 Å². The molecule has 0 radical (unpaired) electrons. The first-order chi connectivity index (χ1) is 13.6. The molecular formula is C22H37N5O. The van der Waals surface area contributed by atoms with Gasteiger partial charge in [-0.3, -0.25) is 14.7 Å². The maximum Gasteiger partial charge on any atom is 0.222 e. The van der Waals surface area contributed by atoms with E-state index in [0.717, 1.165) is 64.5 Å². The molecule has 1 fully saturated rings. The van der Waals surface area contributed by atoms with Crippen LogP contribution in [0.2, 0.25) is 0 Å². The van der Waals surface area contributed by atoms with Crippen molar-refractivity contribution in [2.45, 2.75) is 52.1 Å². The molecule has 1 unspecified atom stereocenters. The first kappa shape index (κ1) is 22.2. The zero-order valence-corrected chi connectivity index (χ0v) is 17.8. The number of likely N-dealkylation sites (tertiary alicyclic amines) is 1. The first-order valence-corrected chi connectivity index (χ1v) is 10.6. The molecule has 0 saturated carbocycles. The maximum absolute atomic E-state index is 11.6. The number of aliphatic imine (C=N–C) groups is 1. The normalized spacial score (nSPS) is 15.9. The zero-order valence-electron chi connectivity index (χ0n) is 17.8. The van der Waals surface area contributed by atoms with Crippen LogP contribution < -0.4 is 10.6 Å². The van der Waals surface area contributed by atoms with Crippen LogP contribution in [0.1, 0.15) is 45.1 Å². The number of carbonyl (C=O) groups excluding carboxylic acids is 1. The number of rotatable bonds is 11. The summed E-state index contributed by atoms with van der Waals surface area (Å²) in [6.45, 7) is 9.51. The fourth-order valence-electron chi connectivity index (χ4n) is 3.38. The molecule has 2 rings (SSSR count). The molecule has 0 bridgehead atoms. The van der Waals surface area contributed by atoms with Gasteiger partial charge in [0.15, 0.2) is 5.96 Å². The van der Waals surface area contributed by atoms with Crippen LogP contribution in [0.15, 0.2) is 35.3 Å². The Labute approximate surface area is 170 Å². The number of guanidine groups is 1. The Bertz CT molecular complexity index is 604. The van der Waals surface area contributed by atoms with E-state index in [1.165, 1.54) is 5.56 Å². The summed E-state index contributed by atoms with van der Waals surface area (Å²) in [5.41, 5.74) is 1.34. The Morgan fingerprint density at radius 1 is 1.29 bits per heavy atom. The van der Waals surface area contributed by atoms with Gasteiger partial charge in [0.05, 0.1) is 0 Å². The van der Waals surface area contributed by atoms with Crippen LogP contribution in [0, 0.1) is 0 Å². The topological polar surface area (TPSA) is 60.0 Å². The Kier molecular flexibility index (Phi) is 9.83. The quantitative estimate of drug-likeness (QED) is 0.348. The molecule has 1 aromatic rings. The van der Waals surface area contributed by atoms with Crippen molar-refractivity contribution in [2.75, 3.05) is 39.8 Å². The summed E-state index contributed by atoms with van der Waals surface area (Å²) < 4.78 is 0. The zero-order chi connectivity index (χ0) is 20.2. The molecule has 0 spiro atoms. The standard InChI is InChI=1S/C22H37N5O/c1-4-23-22(24-14-9-17-27-16-8-12-21(27)28)25-15-13-19(2)26(3)18-20-10-6-5-7-11-20/h5-7,10-11,19H,4,8-9,12-18H2,1-3H3,(H2,23,24,25). The average Bonchev–Trinajstić information content (AvgIpc) is 3.10. The molecule has 28 heavy (non-hydrogen) atoms. The molecule has 6 heteroatoms. The third kappa shape index (κ3) is 7.89. The van der Waals surface area contributed by atoms with Crippen LogP contribution >= 0.6 is 0 Å². The molecule has 0 aliphatic carbocycles. The molecule has 1 heterocycles. The van der Waals surface area contributed by atoms with Crippen molar-refractivity contribution >= 4 is 11.9 Å². The molecule has 1 aliphatic rings. The lowest BCUT2D eigenvalue weighted by Gasteiger charge is -2.25. The molecule has 1 aliphatic heterocycles. The number of benzene rings is 1. The monoisotopic (exact) mass is 387 g/mol. The van der Waals surface area contributed by atoms with Crippen LogP contribution in [0.3, 0.4) is 0 Å². The van der Waals surface area contributed by atoms with Gasteiger partial charge in [-0.25, -0.2) is 0 Å². The minimum absolute atomic E-state index is 0.294. The summed E-state index contributed by atoms with van der Waals surface area (Å²) in [4.78, 5) is 20.6. The summed E-state index contributed by atoms with van der Waals surface area (Å²) in [5, 5.41) is 6.75. The van der Waals surface area contributed by atoms with E-state index >= 15 is 0 Å². The van der Waals surface area contributed by atoms with Crippen molar-refractivity contribution < 1.29 is 4.79 Å². The highest BCUT2D eigenvalue weighted by Gasteiger charge is 2.18. The summed E-state index contributed by atoms with van der Waals surface area (Å²) in [6.07, 6.45) is 3.68. The Morgan fingerprint density at radius 2 is 2.07 bits per heavy atom. The molecule has 0 aromatic heterocycles. The third-order valence-electron chi connectivity index (χ3n) is 5.25. The fourth-order valence-corrected chi connectivity index (χ4v) is 3.38. The second kappa shape index (κ2) is 12.4. The minimum Gasteiger partial charge on any atom is -0.357 e. The summed E-state index contributed by atoms with van der Waals surface area (Å²) in [5.74, 6) is 1.16. The lowest BCUT2D eigenvalue weighted by atomic mass is 10.1. The number of nitrogens with one attached hydrogen (secondary N) is 2. The van der Waals surface area contributed by atoms with Gasteiger partial charge in [-0.2, -0.15) is 0 Å². The lowest BCUT2D eigenvalue weighted by Crippen LogP contribution is -2.40. The number of hydrogen-bond acceptors (Lipinski definition) is 3. The van der Waals surface area contributed by atoms with Crippen molar-refractivity contribution in [1.82, 2.24) is 20.4 Å². The maximum atomic E-state index is 11.6. The first-order valence-electron chi connectivity index (χ1n) is 10.6. The molecule has 1 amide bonds. The highest BCUT2D eigenvalue weighted by molar-refractivity contribution is 5.79. The predicted molar refractivity (Wildman–Crippen MR) is 116 cm³/mol. The Balaban J connectivity index is 1.67. The number of nitrogens with zero attached hydrogens (tertiary/aromatic N) is 3. The van der Waals surface area contributed by atoms with Crippen molar-refractivity contribution in [3.05, 3.63) is 35.9 Å². The third-order valence-corrected chi connectivity index (χ3v) is 5.25. The van der Waals surface area contributed by atoms with Crippen molar-refractivity contribution in [2.24, 2.45) is 4.99 Å². The molecule has 1 atom stereocenters. The molecule has 1 aromatic carbocycles. The van der Waals surface area contributed by atoms with Gasteiger partial charge >= 0.3 is 0 Å². The lowest BCUT2D eigenvalue weighted by molar-refractivity contribution is -0.127. The van der Waals surface area contributed by atoms with Crippen LogP contribution in [0.4, 0.5) is 0 Å². The molecule has 1 saturated heterocycles. The van der Waals surface area contributed by atoms with Crippen LogP contribution in [0.5, 0.6) is 0 Å². The van der Waals surface area contributed by atoms with E-state index in [-0.39, 0.29) is 0 Å². The molecule has 6 nitrogen and oxygen atoms in total. The molecular weight excluding hydrogens is 350 g/mol. The summed E-state index contributed by atoms with van der Waals surface area (Å²) >= 11 is 0. The second-order valence-corrected chi connectivity index (χ2v) is 7.56. The van der Waals surface area contributed by atoms with Crippen LogP contribution in [-0.2, 0) is 11.3 Å². The largest absolute Gasteiger partial charge is 0.357 e. The van der Waals surface area contributed by atoms with Gasteiger partial charge in [0.2, 0.25) is 5.91 Å². The van der Waals surface area contributed by atoms with Crippen molar-refractivity contribution in [3.63, 3.8) is 0 Å². The van der Waals surface area contributed by atoms with E-state index in [0.29, 0.717) is 18.4 Å². The molecule has 156 valence electrons. The van der Waals surface area contributed by atoms with Gasteiger partial charge in [-0.15, -0.1) is 0 Å². The van der Waals surface area contributed by atoms with Crippen molar-refractivity contribution in [1.29, 1.82) is 0 Å². The van der Waals surface area contributed by atoms with Crippen molar-refractivity contribution in [3.8, 4) is 0 Å². The van der Waals surface area contributed by atoms with Crippen LogP contribution in [0.25, 0.3) is 0 Å². The van der Waals surface area contributed by atoms with E-state index in [1.54, 1.807) is 0 Å². The predicted octanol–water partition coefficient (Wildman–Crippen LogP) is 2.46. The summed E-state index contributed by atoms with van der Waals surface area (Å²) in [7, 11) is 2.18. The number of amides is 1. The van der Waals surface area contributed by atoms with Gasteiger partial charge in [0.25, 0.3) is 0 Å². The number of hydrogen-bond donors (Lipinski definition) is 2. The van der Waals surface area contributed by atoms with E-state index < -0.39 is 0 Å². The summed E-state index contributed by atoms with van der Waals surface area (Å²) in [6, 6.07) is 11.1. The van der Waals surface area contributed by atoms with Gasteiger partial charge in [-0.05, 0) is 45.7 Å². The van der Waals surface area contributed by atoms with Gasteiger partial charge in [0, 0.05) is 51.7 Å². The molecule has 2 N–H and O–H groups in total. The number of carbonyl (C=O) groups is 1. The van der Waals surface area contributed by atoms with Crippen LogP contribution in [-0.4, -0.2) is 67.5 Å². The van der Waals surface area contributed by atoms with E-state index in [4.69, 9.17) is 0 Å². The Morgan fingerprint density at radius 3 is 2.75 bits per heavy atom. The van der Waals surface area contributed by atoms with Gasteiger partial charge in [-0.1, -0.05) is 30.3 Å². The van der Waals surface area contributed by atoms with E-state index in [2.05, 4.69) is 71.8 Å². The van der Waals surface area contributed by atoms with Gasteiger partial charge in [0.1, 0.15) is 0 Å². The van der Waals surface area contributed by atoms with E-state index in [1.807, 2.05) is 4.90 Å². The average molecular weight is 388 g/mol. The minimum atomic E-state index is 0.294.